The van der Waals surface area contributed by atoms with Gasteiger partial charge < -0.3 is 9.73 Å². The van der Waals surface area contributed by atoms with E-state index in [1.165, 1.54) is 6.26 Å². The topological polar surface area (TPSA) is 42.2 Å². The lowest BCUT2D eigenvalue weighted by molar-refractivity contribution is 0.102. The number of hydrogen-bond acceptors (Lipinski definition) is 2. The van der Waals surface area contributed by atoms with Crippen LogP contribution >= 0.6 is 11.6 Å². The van der Waals surface area contributed by atoms with Crippen molar-refractivity contribution in [3.8, 4) is 0 Å². The molecule has 1 heterocycles. The molecule has 17 heavy (non-hydrogen) atoms. The Kier molecular flexibility index (Phi) is 3.49. The van der Waals surface area contributed by atoms with Crippen LogP contribution in [0.25, 0.3) is 0 Å². The normalized spacial score (nSPS) is 10.2. The van der Waals surface area contributed by atoms with Gasteiger partial charge >= 0.3 is 0 Å². The highest BCUT2D eigenvalue weighted by molar-refractivity contribution is 6.17. The predicted octanol–water partition coefficient (Wildman–Crippen LogP) is 3.58. The van der Waals surface area contributed by atoms with Gasteiger partial charge in [0.2, 0.25) is 0 Å². The van der Waals surface area contributed by atoms with Crippen molar-refractivity contribution in [2.24, 2.45) is 0 Å². The third kappa shape index (κ3) is 2.50. The summed E-state index contributed by atoms with van der Waals surface area (Å²) in [6, 6.07) is 9.09. The molecule has 0 aliphatic rings. The van der Waals surface area contributed by atoms with E-state index in [0.29, 0.717) is 17.2 Å². The number of carbonyl (C=O) groups excluding carboxylic acids is 1. The van der Waals surface area contributed by atoms with Gasteiger partial charge in [0.25, 0.3) is 5.91 Å². The van der Waals surface area contributed by atoms with Crippen LogP contribution in [0.4, 0.5) is 5.69 Å². The van der Waals surface area contributed by atoms with E-state index < -0.39 is 0 Å². The molecule has 0 atom stereocenters. The number of para-hydroxylation sites is 1. The van der Waals surface area contributed by atoms with E-state index in [1.807, 2.05) is 24.3 Å². The monoisotopic (exact) mass is 249 g/mol. The molecule has 0 saturated carbocycles. The standard InChI is InChI=1S/C13H12ClNO2/c1-9-11(6-7-17-9)13(16)15-12-5-3-2-4-10(12)8-14/h2-7H,8H2,1H3,(H,15,16). The number of nitrogens with one attached hydrogen (secondary N) is 1. The lowest BCUT2D eigenvalue weighted by Gasteiger charge is -2.08. The molecule has 88 valence electrons. The van der Waals surface area contributed by atoms with Crippen molar-refractivity contribution in [3.05, 3.63) is 53.5 Å². The van der Waals surface area contributed by atoms with Gasteiger partial charge in [0, 0.05) is 11.6 Å². The molecule has 1 aromatic heterocycles. The zero-order chi connectivity index (χ0) is 12.3. The number of anilines is 1. The number of alkyl halides is 1. The van der Waals surface area contributed by atoms with Crippen molar-refractivity contribution in [3.63, 3.8) is 0 Å². The molecule has 0 aliphatic heterocycles. The van der Waals surface area contributed by atoms with Gasteiger partial charge in [0.1, 0.15) is 5.76 Å². The first-order valence-electron chi connectivity index (χ1n) is 5.21. The van der Waals surface area contributed by atoms with E-state index in [0.717, 1.165) is 11.3 Å². The Morgan fingerprint density at radius 2 is 2.12 bits per heavy atom. The Bertz CT molecular complexity index is 534. The molecule has 1 N–H and O–H groups in total. The minimum atomic E-state index is -0.186. The molecule has 0 aliphatic carbocycles. The molecule has 0 radical (unpaired) electrons. The fourth-order valence-corrected chi connectivity index (χ4v) is 1.80. The van der Waals surface area contributed by atoms with E-state index in [1.54, 1.807) is 13.0 Å². The lowest BCUT2D eigenvalue weighted by atomic mass is 10.2. The summed E-state index contributed by atoms with van der Waals surface area (Å²) < 4.78 is 5.09. The van der Waals surface area contributed by atoms with Gasteiger partial charge in [-0.15, -0.1) is 11.6 Å². The van der Waals surface area contributed by atoms with Crippen LogP contribution in [0, 0.1) is 6.92 Å². The van der Waals surface area contributed by atoms with Gasteiger partial charge in [0.15, 0.2) is 0 Å². The number of amides is 1. The molecule has 0 spiro atoms. The van der Waals surface area contributed by atoms with Crippen molar-refractivity contribution in [1.82, 2.24) is 0 Å². The number of furan rings is 1. The van der Waals surface area contributed by atoms with Crippen LogP contribution in [-0.4, -0.2) is 5.91 Å². The van der Waals surface area contributed by atoms with Crippen LogP contribution in [0.3, 0.4) is 0 Å². The molecule has 1 aromatic carbocycles. The second-order valence-electron chi connectivity index (χ2n) is 3.64. The molecule has 1 amide bonds. The van der Waals surface area contributed by atoms with Gasteiger partial charge in [-0.1, -0.05) is 18.2 Å². The van der Waals surface area contributed by atoms with E-state index >= 15 is 0 Å². The third-order valence-electron chi connectivity index (χ3n) is 2.51. The first-order valence-corrected chi connectivity index (χ1v) is 5.75. The zero-order valence-corrected chi connectivity index (χ0v) is 10.1. The molecular weight excluding hydrogens is 238 g/mol. The van der Waals surface area contributed by atoms with Crippen molar-refractivity contribution in [2.45, 2.75) is 12.8 Å². The van der Waals surface area contributed by atoms with E-state index in [4.69, 9.17) is 16.0 Å². The Labute approximate surface area is 104 Å². The predicted molar refractivity (Wildman–Crippen MR) is 67.4 cm³/mol. The van der Waals surface area contributed by atoms with Crippen molar-refractivity contribution in [2.75, 3.05) is 5.32 Å². The summed E-state index contributed by atoms with van der Waals surface area (Å²) in [4.78, 5) is 11.9. The van der Waals surface area contributed by atoms with Gasteiger partial charge in [-0.3, -0.25) is 4.79 Å². The second-order valence-corrected chi connectivity index (χ2v) is 3.90. The molecule has 2 rings (SSSR count). The zero-order valence-electron chi connectivity index (χ0n) is 9.37. The molecule has 3 nitrogen and oxygen atoms in total. The summed E-state index contributed by atoms with van der Waals surface area (Å²) in [5.74, 6) is 0.778. The van der Waals surface area contributed by atoms with Crippen LogP contribution in [-0.2, 0) is 5.88 Å². The first-order chi connectivity index (χ1) is 8.22. The Balaban J connectivity index is 2.22. The highest BCUT2D eigenvalue weighted by Gasteiger charge is 2.12. The largest absolute Gasteiger partial charge is 0.469 e. The number of rotatable bonds is 3. The maximum Gasteiger partial charge on any atom is 0.259 e. The molecule has 4 heteroatoms. The average Bonchev–Trinajstić information content (AvgIpc) is 2.76. The van der Waals surface area contributed by atoms with E-state index in [2.05, 4.69) is 5.32 Å². The highest BCUT2D eigenvalue weighted by atomic mass is 35.5. The SMILES string of the molecule is Cc1occc1C(=O)Nc1ccccc1CCl. The summed E-state index contributed by atoms with van der Waals surface area (Å²) in [5, 5.41) is 2.82. The summed E-state index contributed by atoms with van der Waals surface area (Å²) in [6.07, 6.45) is 1.50. The number of hydrogen-bond donors (Lipinski definition) is 1. The molecular formula is C13H12ClNO2. The molecule has 0 unspecified atom stereocenters. The Hall–Kier alpha value is -1.74. The van der Waals surface area contributed by atoms with Crippen LogP contribution in [0.1, 0.15) is 21.7 Å². The summed E-state index contributed by atoms with van der Waals surface area (Å²) in [5.41, 5.74) is 2.16. The maximum atomic E-state index is 11.9. The average molecular weight is 250 g/mol. The Morgan fingerprint density at radius 1 is 1.35 bits per heavy atom. The fraction of sp³-hybridized carbons (Fsp3) is 0.154. The lowest BCUT2D eigenvalue weighted by Crippen LogP contribution is -2.13. The van der Waals surface area contributed by atoms with E-state index in [-0.39, 0.29) is 5.91 Å². The number of aryl methyl sites for hydroxylation is 1. The summed E-state index contributed by atoms with van der Waals surface area (Å²) >= 11 is 5.80. The second kappa shape index (κ2) is 5.06. The van der Waals surface area contributed by atoms with Crippen LogP contribution in [0.15, 0.2) is 41.0 Å². The summed E-state index contributed by atoms with van der Waals surface area (Å²) in [6.45, 7) is 1.75. The van der Waals surface area contributed by atoms with Crippen LogP contribution < -0.4 is 5.32 Å². The van der Waals surface area contributed by atoms with Crippen molar-refractivity contribution in [1.29, 1.82) is 0 Å². The third-order valence-corrected chi connectivity index (χ3v) is 2.80. The Morgan fingerprint density at radius 3 is 2.76 bits per heavy atom. The van der Waals surface area contributed by atoms with Crippen molar-refractivity contribution >= 4 is 23.2 Å². The van der Waals surface area contributed by atoms with Gasteiger partial charge in [-0.2, -0.15) is 0 Å². The molecule has 0 saturated heterocycles. The molecule has 2 aromatic rings. The number of carbonyl (C=O) groups is 1. The first kappa shape index (κ1) is 11.7. The van der Waals surface area contributed by atoms with E-state index in [9.17, 15) is 4.79 Å². The highest BCUT2D eigenvalue weighted by Crippen LogP contribution is 2.19. The smallest absolute Gasteiger partial charge is 0.259 e. The van der Waals surface area contributed by atoms with Crippen molar-refractivity contribution < 1.29 is 9.21 Å². The van der Waals surface area contributed by atoms with Crippen LogP contribution in [0.5, 0.6) is 0 Å². The molecule has 0 bridgehead atoms. The number of halogens is 1. The number of benzene rings is 1. The minimum absolute atomic E-state index is 0.186. The maximum absolute atomic E-state index is 11.9. The van der Waals surface area contributed by atoms with Crippen LogP contribution in [0.2, 0.25) is 0 Å². The fourth-order valence-electron chi connectivity index (χ4n) is 1.57. The minimum Gasteiger partial charge on any atom is -0.469 e. The van der Waals surface area contributed by atoms with Gasteiger partial charge in [-0.05, 0) is 24.6 Å². The summed E-state index contributed by atoms with van der Waals surface area (Å²) in [7, 11) is 0. The van der Waals surface area contributed by atoms with Gasteiger partial charge in [0.05, 0.1) is 11.8 Å². The molecule has 0 fully saturated rings. The van der Waals surface area contributed by atoms with Gasteiger partial charge in [-0.25, -0.2) is 0 Å². The quantitative estimate of drug-likeness (QED) is 0.845.